The van der Waals surface area contributed by atoms with Crippen molar-refractivity contribution in [1.82, 2.24) is 4.90 Å². The molecule has 0 radical (unpaired) electrons. The van der Waals surface area contributed by atoms with Gasteiger partial charge in [-0.25, -0.2) is 0 Å². The standard InChI is InChI=1S/C21H35NO2S/c1-7-8-17(4)21(23)22-13-11-19(12-14-22)20(15-16(2)3)10-9-18(5)24-25-6/h9-10,15-17,19H,5,7-8,11-14H2,1-4,6H3/b10-9-,20-15+. The van der Waals surface area contributed by atoms with Crippen molar-refractivity contribution >= 4 is 17.9 Å². The minimum absolute atomic E-state index is 0.152. The van der Waals surface area contributed by atoms with Gasteiger partial charge in [0.1, 0.15) is 5.76 Å². The largest absolute Gasteiger partial charge is 0.427 e. The molecule has 1 aliphatic heterocycles. The summed E-state index contributed by atoms with van der Waals surface area (Å²) in [6.45, 7) is 14.2. The Bertz CT molecular complexity index is 488. The molecule has 0 bridgehead atoms. The Morgan fingerprint density at radius 2 is 1.92 bits per heavy atom. The molecule has 1 saturated heterocycles. The molecule has 0 aromatic carbocycles. The van der Waals surface area contributed by atoms with Crippen LogP contribution in [0.25, 0.3) is 0 Å². The molecule has 0 saturated carbocycles. The van der Waals surface area contributed by atoms with Crippen LogP contribution in [0.2, 0.25) is 0 Å². The zero-order chi connectivity index (χ0) is 18.8. The van der Waals surface area contributed by atoms with Gasteiger partial charge in [-0.1, -0.05) is 52.8 Å². The monoisotopic (exact) mass is 365 g/mol. The van der Waals surface area contributed by atoms with Crippen LogP contribution in [0.4, 0.5) is 0 Å². The molecule has 4 heteroatoms. The van der Waals surface area contributed by atoms with Crippen molar-refractivity contribution in [2.24, 2.45) is 17.8 Å². The lowest BCUT2D eigenvalue weighted by Gasteiger charge is -2.34. The number of hydrogen-bond donors (Lipinski definition) is 0. The van der Waals surface area contributed by atoms with Crippen molar-refractivity contribution in [3.8, 4) is 0 Å². The number of allylic oxidation sites excluding steroid dienone is 4. The number of carbonyl (C=O) groups is 1. The van der Waals surface area contributed by atoms with Crippen LogP contribution in [-0.4, -0.2) is 30.2 Å². The van der Waals surface area contributed by atoms with Gasteiger partial charge in [0.15, 0.2) is 0 Å². The van der Waals surface area contributed by atoms with Crippen LogP contribution in [0.1, 0.15) is 53.4 Å². The molecule has 1 atom stereocenters. The van der Waals surface area contributed by atoms with Crippen molar-refractivity contribution in [2.75, 3.05) is 19.3 Å². The zero-order valence-corrected chi connectivity index (χ0v) is 17.4. The maximum absolute atomic E-state index is 12.5. The Kier molecular flexibility index (Phi) is 10.0. The van der Waals surface area contributed by atoms with Crippen LogP contribution in [0, 0.1) is 17.8 Å². The average molecular weight is 366 g/mol. The average Bonchev–Trinajstić information content (AvgIpc) is 2.58. The van der Waals surface area contributed by atoms with Crippen LogP contribution < -0.4 is 0 Å². The number of rotatable bonds is 9. The molecule has 142 valence electrons. The van der Waals surface area contributed by atoms with Crippen molar-refractivity contribution in [2.45, 2.75) is 53.4 Å². The van der Waals surface area contributed by atoms with Crippen LogP contribution in [0.3, 0.4) is 0 Å². The van der Waals surface area contributed by atoms with Crippen LogP contribution in [0.15, 0.2) is 36.1 Å². The highest BCUT2D eigenvalue weighted by atomic mass is 32.2. The summed E-state index contributed by atoms with van der Waals surface area (Å²) in [6, 6.07) is 0. The van der Waals surface area contributed by atoms with E-state index in [2.05, 4.69) is 51.3 Å². The van der Waals surface area contributed by atoms with Gasteiger partial charge in [0.05, 0.1) is 12.0 Å². The minimum Gasteiger partial charge on any atom is -0.427 e. The van der Waals surface area contributed by atoms with E-state index in [-0.39, 0.29) is 5.92 Å². The molecular weight excluding hydrogens is 330 g/mol. The molecule has 1 unspecified atom stereocenters. The predicted molar refractivity (Wildman–Crippen MR) is 109 cm³/mol. The maximum atomic E-state index is 12.5. The lowest BCUT2D eigenvalue weighted by atomic mass is 9.86. The van der Waals surface area contributed by atoms with Gasteiger partial charge < -0.3 is 9.08 Å². The molecule has 1 heterocycles. The minimum atomic E-state index is 0.152. The molecule has 1 fully saturated rings. The summed E-state index contributed by atoms with van der Waals surface area (Å²) in [5.74, 6) is 2.15. The highest BCUT2D eigenvalue weighted by molar-refractivity contribution is 7.94. The maximum Gasteiger partial charge on any atom is 0.225 e. The van der Waals surface area contributed by atoms with Gasteiger partial charge in [-0.2, -0.15) is 0 Å². The Hall–Kier alpha value is -1.16. The van der Waals surface area contributed by atoms with Crippen molar-refractivity contribution in [3.63, 3.8) is 0 Å². The first-order valence-electron chi connectivity index (χ1n) is 9.47. The van der Waals surface area contributed by atoms with Gasteiger partial charge in [0.2, 0.25) is 5.91 Å². The predicted octanol–water partition coefficient (Wildman–Crippen LogP) is 5.61. The summed E-state index contributed by atoms with van der Waals surface area (Å²) in [7, 11) is 0. The summed E-state index contributed by atoms with van der Waals surface area (Å²) in [6.07, 6.45) is 12.4. The smallest absolute Gasteiger partial charge is 0.225 e. The van der Waals surface area contributed by atoms with E-state index in [1.165, 1.54) is 17.6 Å². The number of piperidine rings is 1. The Balaban J connectivity index is 2.69. The molecular formula is C21H35NO2S. The summed E-state index contributed by atoms with van der Waals surface area (Å²) in [5, 5.41) is 0. The van der Waals surface area contributed by atoms with Gasteiger partial charge in [0, 0.05) is 25.3 Å². The fourth-order valence-electron chi connectivity index (χ4n) is 3.34. The second kappa shape index (κ2) is 11.5. The molecule has 1 rings (SSSR count). The van der Waals surface area contributed by atoms with E-state index in [1.54, 1.807) is 0 Å². The first-order valence-corrected chi connectivity index (χ1v) is 10.6. The Morgan fingerprint density at radius 1 is 1.28 bits per heavy atom. The molecule has 3 nitrogen and oxygen atoms in total. The van der Waals surface area contributed by atoms with Gasteiger partial charge in [-0.15, -0.1) is 0 Å². The van der Waals surface area contributed by atoms with E-state index in [0.717, 1.165) is 38.8 Å². The number of hydrogen-bond acceptors (Lipinski definition) is 3. The third-order valence-corrected chi connectivity index (χ3v) is 4.98. The summed E-state index contributed by atoms with van der Waals surface area (Å²) in [4.78, 5) is 14.6. The quantitative estimate of drug-likeness (QED) is 0.302. The Labute approximate surface area is 158 Å². The molecule has 1 aliphatic rings. The topological polar surface area (TPSA) is 29.5 Å². The Morgan fingerprint density at radius 3 is 2.44 bits per heavy atom. The fraction of sp³-hybridized carbons (Fsp3) is 0.667. The highest BCUT2D eigenvalue weighted by Crippen LogP contribution is 2.28. The second-order valence-electron chi connectivity index (χ2n) is 7.25. The van der Waals surface area contributed by atoms with Crippen molar-refractivity contribution < 1.29 is 8.98 Å². The lowest BCUT2D eigenvalue weighted by Crippen LogP contribution is -2.41. The zero-order valence-electron chi connectivity index (χ0n) is 16.6. The molecule has 0 spiro atoms. The third-order valence-electron chi connectivity index (χ3n) is 4.60. The van der Waals surface area contributed by atoms with E-state index >= 15 is 0 Å². The van der Waals surface area contributed by atoms with E-state index in [0.29, 0.717) is 23.5 Å². The molecule has 0 N–H and O–H groups in total. The van der Waals surface area contributed by atoms with E-state index in [1.807, 2.05) is 12.3 Å². The van der Waals surface area contributed by atoms with E-state index < -0.39 is 0 Å². The molecule has 25 heavy (non-hydrogen) atoms. The van der Waals surface area contributed by atoms with Crippen LogP contribution in [0.5, 0.6) is 0 Å². The third kappa shape index (κ3) is 7.72. The van der Waals surface area contributed by atoms with Gasteiger partial charge in [0.25, 0.3) is 0 Å². The van der Waals surface area contributed by atoms with Gasteiger partial charge in [-0.3, -0.25) is 4.79 Å². The molecule has 0 aromatic rings. The van der Waals surface area contributed by atoms with Gasteiger partial charge in [-0.05, 0) is 42.7 Å². The van der Waals surface area contributed by atoms with Crippen LogP contribution in [-0.2, 0) is 8.98 Å². The first-order chi connectivity index (χ1) is 11.9. The second-order valence-corrected chi connectivity index (χ2v) is 7.75. The normalized spacial score (nSPS) is 18.0. The molecule has 0 aromatic heterocycles. The van der Waals surface area contributed by atoms with Crippen LogP contribution >= 0.6 is 12.0 Å². The highest BCUT2D eigenvalue weighted by Gasteiger charge is 2.26. The van der Waals surface area contributed by atoms with Crippen molar-refractivity contribution in [1.29, 1.82) is 0 Å². The SMILES string of the molecule is C=C(/C=C\C(=C/C(C)C)C1CCN(C(=O)C(C)CCC)CC1)OSC. The van der Waals surface area contributed by atoms with E-state index in [9.17, 15) is 4.79 Å². The number of carbonyl (C=O) groups excluding carboxylic acids is 1. The number of nitrogens with zero attached hydrogens (tertiary/aromatic N) is 1. The summed E-state index contributed by atoms with van der Waals surface area (Å²) < 4.78 is 5.34. The number of likely N-dealkylation sites (tertiary alicyclic amines) is 1. The van der Waals surface area contributed by atoms with Crippen molar-refractivity contribution in [3.05, 3.63) is 36.1 Å². The van der Waals surface area contributed by atoms with E-state index in [4.69, 9.17) is 4.18 Å². The molecule has 1 amide bonds. The lowest BCUT2D eigenvalue weighted by molar-refractivity contribution is -0.136. The summed E-state index contributed by atoms with van der Waals surface area (Å²) in [5.41, 5.74) is 1.34. The van der Waals surface area contributed by atoms with Gasteiger partial charge >= 0.3 is 0 Å². The first kappa shape index (κ1) is 21.9. The summed E-state index contributed by atoms with van der Waals surface area (Å²) >= 11 is 1.31. The fourth-order valence-corrected chi connectivity index (χ4v) is 3.61. The molecule has 0 aliphatic carbocycles. The number of amides is 1.